The van der Waals surface area contributed by atoms with Gasteiger partial charge in [0.2, 0.25) is 0 Å². The molecule has 2 rings (SSSR count). The van der Waals surface area contributed by atoms with E-state index in [1.165, 1.54) is 29.5 Å². The van der Waals surface area contributed by atoms with Crippen molar-refractivity contribution in [2.75, 3.05) is 6.54 Å². The van der Waals surface area contributed by atoms with Crippen LogP contribution in [-0.4, -0.2) is 6.54 Å². The van der Waals surface area contributed by atoms with Crippen molar-refractivity contribution in [1.82, 2.24) is 5.32 Å². The smallest absolute Gasteiger partial charge is 0.0765 e. The van der Waals surface area contributed by atoms with Crippen LogP contribution >= 0.6 is 38.6 Å². The van der Waals surface area contributed by atoms with Crippen LogP contribution < -0.4 is 5.32 Å². The normalized spacial score (nSPS) is 12.9. The largest absolute Gasteiger partial charge is 0.305 e. The van der Waals surface area contributed by atoms with Crippen LogP contribution in [0.3, 0.4) is 0 Å². The Labute approximate surface area is 132 Å². The van der Waals surface area contributed by atoms with Crippen molar-refractivity contribution in [2.45, 2.75) is 40.2 Å². The van der Waals surface area contributed by atoms with Crippen LogP contribution in [0.2, 0.25) is 0 Å². The molecule has 4 heteroatoms. The standard InChI is InChI=1S/C15H20BrNS2/c1-5-6-17-14(12-7-9(2)11(4)18-12)13-8-10(3)15(16)19-13/h7-8,14,17H,5-6H2,1-4H3. The second-order valence-electron chi connectivity index (χ2n) is 4.88. The molecule has 104 valence electrons. The Hall–Kier alpha value is -0.160. The molecule has 19 heavy (non-hydrogen) atoms. The third-order valence-corrected chi connectivity index (χ3v) is 6.65. The Morgan fingerprint density at radius 2 is 1.74 bits per heavy atom. The molecule has 0 saturated carbocycles. The fourth-order valence-corrected chi connectivity index (χ4v) is 4.88. The first-order valence-corrected chi connectivity index (χ1v) is 9.01. The molecule has 0 fully saturated rings. The Bertz CT molecular complexity index is 471. The second kappa shape index (κ2) is 6.53. The van der Waals surface area contributed by atoms with E-state index in [4.69, 9.17) is 0 Å². The summed E-state index contributed by atoms with van der Waals surface area (Å²) in [5.41, 5.74) is 2.73. The molecule has 0 bridgehead atoms. The van der Waals surface area contributed by atoms with E-state index in [1.54, 1.807) is 0 Å². The molecule has 1 atom stereocenters. The van der Waals surface area contributed by atoms with E-state index in [0.717, 1.165) is 13.0 Å². The quantitative estimate of drug-likeness (QED) is 0.735. The highest BCUT2D eigenvalue weighted by molar-refractivity contribution is 9.11. The van der Waals surface area contributed by atoms with Crippen LogP contribution in [0.5, 0.6) is 0 Å². The third-order valence-electron chi connectivity index (χ3n) is 3.23. The number of thiophene rings is 2. The maximum atomic E-state index is 3.68. The van der Waals surface area contributed by atoms with Crippen molar-refractivity contribution in [3.63, 3.8) is 0 Å². The molecule has 1 nitrogen and oxygen atoms in total. The summed E-state index contributed by atoms with van der Waals surface area (Å²) in [4.78, 5) is 4.25. The van der Waals surface area contributed by atoms with E-state index >= 15 is 0 Å². The van der Waals surface area contributed by atoms with Gasteiger partial charge in [-0.05, 0) is 72.9 Å². The molecule has 1 unspecified atom stereocenters. The van der Waals surface area contributed by atoms with Gasteiger partial charge in [-0.3, -0.25) is 0 Å². The molecule has 2 aromatic heterocycles. The van der Waals surface area contributed by atoms with Crippen molar-refractivity contribution in [2.24, 2.45) is 0 Å². The molecule has 0 amide bonds. The molecular weight excluding hydrogens is 338 g/mol. The Balaban J connectivity index is 2.34. The molecule has 0 spiro atoms. The van der Waals surface area contributed by atoms with Crippen LogP contribution in [0.4, 0.5) is 0 Å². The zero-order chi connectivity index (χ0) is 14.0. The summed E-state index contributed by atoms with van der Waals surface area (Å²) in [6.07, 6.45) is 1.16. The lowest BCUT2D eigenvalue weighted by Gasteiger charge is -2.15. The van der Waals surface area contributed by atoms with Gasteiger partial charge in [0.05, 0.1) is 9.83 Å². The summed E-state index contributed by atoms with van der Waals surface area (Å²) >= 11 is 7.39. The predicted octanol–water partition coefficient (Wildman–Crippen LogP) is 5.59. The Morgan fingerprint density at radius 3 is 2.21 bits per heavy atom. The van der Waals surface area contributed by atoms with Gasteiger partial charge in [0, 0.05) is 14.6 Å². The lowest BCUT2D eigenvalue weighted by molar-refractivity contribution is 0.613. The zero-order valence-corrected chi connectivity index (χ0v) is 15.1. The molecule has 1 N–H and O–H groups in total. The molecule has 2 heterocycles. The average molecular weight is 358 g/mol. The Morgan fingerprint density at radius 1 is 1.11 bits per heavy atom. The lowest BCUT2D eigenvalue weighted by Crippen LogP contribution is -2.21. The molecule has 0 radical (unpaired) electrons. The highest BCUT2D eigenvalue weighted by Gasteiger charge is 2.19. The molecule has 2 aromatic rings. The highest BCUT2D eigenvalue weighted by atomic mass is 79.9. The minimum atomic E-state index is 0.340. The molecular formula is C15H20BrNS2. The monoisotopic (exact) mass is 357 g/mol. The van der Waals surface area contributed by atoms with Gasteiger partial charge >= 0.3 is 0 Å². The van der Waals surface area contributed by atoms with Crippen molar-refractivity contribution in [1.29, 1.82) is 0 Å². The van der Waals surface area contributed by atoms with Gasteiger partial charge in [0.25, 0.3) is 0 Å². The maximum Gasteiger partial charge on any atom is 0.0765 e. The second-order valence-corrected chi connectivity index (χ2v) is 8.57. The van der Waals surface area contributed by atoms with E-state index in [9.17, 15) is 0 Å². The number of halogens is 1. The summed E-state index contributed by atoms with van der Waals surface area (Å²) in [5.74, 6) is 0. The van der Waals surface area contributed by atoms with Gasteiger partial charge in [0.1, 0.15) is 0 Å². The van der Waals surface area contributed by atoms with Crippen LogP contribution in [0.1, 0.15) is 45.1 Å². The van der Waals surface area contributed by atoms with Gasteiger partial charge in [-0.2, -0.15) is 0 Å². The average Bonchev–Trinajstić information content (AvgIpc) is 2.85. The van der Waals surface area contributed by atoms with Crippen LogP contribution in [-0.2, 0) is 0 Å². The maximum absolute atomic E-state index is 3.68. The fraction of sp³-hybridized carbons (Fsp3) is 0.467. The lowest BCUT2D eigenvalue weighted by atomic mass is 10.1. The van der Waals surface area contributed by atoms with Crippen molar-refractivity contribution < 1.29 is 0 Å². The van der Waals surface area contributed by atoms with Gasteiger partial charge in [0.15, 0.2) is 0 Å². The molecule has 0 aliphatic rings. The van der Waals surface area contributed by atoms with Crippen LogP contribution in [0.15, 0.2) is 15.9 Å². The number of aryl methyl sites for hydroxylation is 3. The van der Waals surface area contributed by atoms with Gasteiger partial charge in [-0.15, -0.1) is 22.7 Å². The Kier molecular flexibility index (Phi) is 5.23. The van der Waals surface area contributed by atoms with Crippen LogP contribution in [0.25, 0.3) is 0 Å². The first-order chi connectivity index (χ1) is 9.02. The summed E-state index contributed by atoms with van der Waals surface area (Å²) in [7, 11) is 0. The number of hydrogen-bond donors (Lipinski definition) is 1. The first kappa shape index (κ1) is 15.2. The molecule has 0 aliphatic heterocycles. The summed E-state index contributed by atoms with van der Waals surface area (Å²) < 4.78 is 1.25. The minimum Gasteiger partial charge on any atom is -0.305 e. The van der Waals surface area contributed by atoms with Gasteiger partial charge in [-0.1, -0.05) is 6.92 Å². The number of hydrogen-bond acceptors (Lipinski definition) is 3. The molecule has 0 aromatic carbocycles. The highest BCUT2D eigenvalue weighted by Crippen LogP contribution is 2.37. The fourth-order valence-electron chi connectivity index (χ4n) is 2.00. The van der Waals surface area contributed by atoms with Crippen molar-refractivity contribution in [3.8, 4) is 0 Å². The number of nitrogens with one attached hydrogen (secondary N) is 1. The van der Waals surface area contributed by atoms with E-state index in [0.29, 0.717) is 6.04 Å². The predicted molar refractivity (Wildman–Crippen MR) is 90.7 cm³/mol. The van der Waals surface area contributed by atoms with E-state index in [-0.39, 0.29) is 0 Å². The molecule has 0 aliphatic carbocycles. The first-order valence-electron chi connectivity index (χ1n) is 6.59. The topological polar surface area (TPSA) is 12.0 Å². The zero-order valence-electron chi connectivity index (χ0n) is 11.8. The number of rotatable bonds is 5. The summed E-state index contributed by atoms with van der Waals surface area (Å²) in [6, 6.07) is 4.97. The molecule has 0 saturated heterocycles. The summed E-state index contributed by atoms with van der Waals surface area (Å²) in [6.45, 7) is 9.82. The van der Waals surface area contributed by atoms with Gasteiger partial charge < -0.3 is 5.32 Å². The van der Waals surface area contributed by atoms with E-state index in [1.807, 2.05) is 22.7 Å². The van der Waals surface area contributed by atoms with Crippen molar-refractivity contribution in [3.05, 3.63) is 41.7 Å². The van der Waals surface area contributed by atoms with E-state index < -0.39 is 0 Å². The van der Waals surface area contributed by atoms with Gasteiger partial charge in [-0.25, -0.2) is 0 Å². The van der Waals surface area contributed by atoms with Crippen LogP contribution in [0, 0.1) is 20.8 Å². The van der Waals surface area contributed by atoms with E-state index in [2.05, 4.69) is 61.1 Å². The third kappa shape index (κ3) is 3.48. The summed E-state index contributed by atoms with van der Waals surface area (Å²) in [5, 5.41) is 3.68. The van der Waals surface area contributed by atoms with Crippen molar-refractivity contribution >= 4 is 38.6 Å². The minimum absolute atomic E-state index is 0.340. The SMILES string of the molecule is CCCNC(c1cc(C)c(C)s1)c1cc(C)c(Br)s1.